The highest BCUT2D eigenvalue weighted by Gasteiger charge is 2.31. The van der Waals surface area contributed by atoms with Crippen molar-refractivity contribution in [1.82, 2.24) is 4.72 Å². The smallest absolute Gasteiger partial charge is 0.406 e. The predicted molar refractivity (Wildman–Crippen MR) is 89.7 cm³/mol. The molecule has 2 N–H and O–H groups in total. The second kappa shape index (κ2) is 8.01. The van der Waals surface area contributed by atoms with E-state index in [0.717, 1.165) is 24.3 Å². The van der Waals surface area contributed by atoms with Gasteiger partial charge in [-0.3, -0.25) is 0 Å². The van der Waals surface area contributed by atoms with Gasteiger partial charge >= 0.3 is 6.36 Å². The number of hydrogen-bond donors (Lipinski definition) is 2. The Labute approximate surface area is 157 Å². The SMILES string of the molecule is O=S(=O)(N[C@H](CO)c1ccc(Cl)c(Cl)c1)c1ccc(OC(F)(F)F)cc1. The normalized spacial score (nSPS) is 13.5. The molecule has 0 saturated carbocycles. The van der Waals surface area contributed by atoms with Gasteiger partial charge in [-0.15, -0.1) is 13.2 Å². The van der Waals surface area contributed by atoms with E-state index in [1.807, 2.05) is 0 Å². The zero-order chi connectivity index (χ0) is 19.5. The maximum Gasteiger partial charge on any atom is 0.573 e. The van der Waals surface area contributed by atoms with Crippen LogP contribution >= 0.6 is 23.2 Å². The Bertz CT molecular complexity index is 873. The molecule has 0 amide bonds. The molecule has 0 aliphatic carbocycles. The van der Waals surface area contributed by atoms with Gasteiger partial charge in [-0.2, -0.15) is 0 Å². The van der Waals surface area contributed by atoms with Crippen molar-refractivity contribution >= 4 is 33.2 Å². The Hall–Kier alpha value is -1.52. The number of benzene rings is 2. The van der Waals surface area contributed by atoms with Gasteiger partial charge in [0.15, 0.2) is 0 Å². The fourth-order valence-corrected chi connectivity index (χ4v) is 3.54. The van der Waals surface area contributed by atoms with Gasteiger partial charge in [0.05, 0.1) is 27.6 Å². The zero-order valence-electron chi connectivity index (χ0n) is 12.8. The lowest BCUT2D eigenvalue weighted by molar-refractivity contribution is -0.274. The van der Waals surface area contributed by atoms with Gasteiger partial charge in [0.25, 0.3) is 0 Å². The molecule has 2 aromatic carbocycles. The third-order valence-electron chi connectivity index (χ3n) is 3.19. The molecule has 0 aliphatic rings. The van der Waals surface area contributed by atoms with Crippen LogP contribution in [0.25, 0.3) is 0 Å². The van der Waals surface area contributed by atoms with Gasteiger partial charge in [-0.05, 0) is 42.0 Å². The minimum Gasteiger partial charge on any atom is -0.406 e. The van der Waals surface area contributed by atoms with Crippen molar-refractivity contribution in [2.75, 3.05) is 6.61 Å². The van der Waals surface area contributed by atoms with E-state index in [1.165, 1.54) is 18.2 Å². The third kappa shape index (κ3) is 5.49. The Balaban J connectivity index is 2.21. The van der Waals surface area contributed by atoms with Crippen LogP contribution < -0.4 is 9.46 Å². The minimum absolute atomic E-state index is 0.176. The van der Waals surface area contributed by atoms with Gasteiger partial charge in [-0.25, -0.2) is 13.1 Å². The molecule has 0 aliphatic heterocycles. The zero-order valence-corrected chi connectivity index (χ0v) is 15.1. The van der Waals surface area contributed by atoms with Crippen LogP contribution in [0.5, 0.6) is 5.75 Å². The first-order chi connectivity index (χ1) is 12.0. The Morgan fingerprint density at radius 3 is 2.19 bits per heavy atom. The number of aliphatic hydroxyl groups excluding tert-OH is 1. The molecular weight excluding hydrogens is 418 g/mol. The molecule has 0 radical (unpaired) electrons. The molecule has 1 atom stereocenters. The summed E-state index contributed by atoms with van der Waals surface area (Å²) < 4.78 is 67.1. The van der Waals surface area contributed by atoms with E-state index in [4.69, 9.17) is 23.2 Å². The van der Waals surface area contributed by atoms with Gasteiger partial charge in [0.2, 0.25) is 10.0 Å². The summed E-state index contributed by atoms with van der Waals surface area (Å²) in [5.74, 6) is -0.556. The van der Waals surface area contributed by atoms with Crippen molar-refractivity contribution in [1.29, 1.82) is 0 Å². The third-order valence-corrected chi connectivity index (χ3v) is 5.42. The summed E-state index contributed by atoms with van der Waals surface area (Å²) in [4.78, 5) is -0.300. The number of halogens is 5. The molecular formula is C15H12Cl2F3NO4S. The maximum atomic E-state index is 12.4. The van der Waals surface area contributed by atoms with Crippen molar-refractivity contribution in [3.05, 3.63) is 58.1 Å². The largest absolute Gasteiger partial charge is 0.573 e. The summed E-state index contributed by atoms with van der Waals surface area (Å²) in [6.45, 7) is -0.577. The van der Waals surface area contributed by atoms with Gasteiger partial charge in [0, 0.05) is 0 Å². The van der Waals surface area contributed by atoms with E-state index >= 15 is 0 Å². The first-order valence-corrected chi connectivity index (χ1v) is 9.20. The van der Waals surface area contributed by atoms with Crippen LogP contribution in [0, 0.1) is 0 Å². The molecule has 0 saturated heterocycles. The average molecular weight is 430 g/mol. The molecule has 2 aromatic rings. The summed E-state index contributed by atoms with van der Waals surface area (Å²) in [5.41, 5.74) is 0.363. The number of aliphatic hydroxyl groups is 1. The maximum absolute atomic E-state index is 12.4. The lowest BCUT2D eigenvalue weighted by atomic mass is 10.1. The van der Waals surface area contributed by atoms with E-state index in [-0.39, 0.29) is 14.9 Å². The Kier molecular flexibility index (Phi) is 6.41. The van der Waals surface area contributed by atoms with Crippen molar-refractivity contribution in [3.63, 3.8) is 0 Å². The summed E-state index contributed by atoms with van der Waals surface area (Å²) in [6.07, 6.45) is -4.88. The highest BCUT2D eigenvalue weighted by molar-refractivity contribution is 7.89. The number of ether oxygens (including phenoxy) is 1. The number of rotatable bonds is 6. The van der Waals surface area contributed by atoms with Crippen LogP contribution in [0.15, 0.2) is 47.4 Å². The second-order valence-electron chi connectivity index (χ2n) is 5.05. The monoisotopic (exact) mass is 429 g/mol. The molecule has 0 unspecified atom stereocenters. The van der Waals surface area contributed by atoms with Crippen LogP contribution in [0.1, 0.15) is 11.6 Å². The van der Waals surface area contributed by atoms with E-state index in [1.54, 1.807) is 0 Å². The fourth-order valence-electron chi connectivity index (χ4n) is 2.02. The molecule has 2 rings (SSSR count). The molecule has 0 fully saturated rings. The Morgan fingerprint density at radius 2 is 1.69 bits per heavy atom. The molecule has 0 heterocycles. The number of hydrogen-bond acceptors (Lipinski definition) is 4. The molecule has 11 heteroatoms. The van der Waals surface area contributed by atoms with Crippen LogP contribution in [0.4, 0.5) is 13.2 Å². The molecule has 0 spiro atoms. The summed E-state index contributed by atoms with van der Waals surface area (Å²) in [6, 6.07) is 6.94. The van der Waals surface area contributed by atoms with Crippen LogP contribution in [0.3, 0.4) is 0 Å². The van der Waals surface area contributed by atoms with Crippen molar-refractivity contribution < 1.29 is 31.4 Å². The van der Waals surface area contributed by atoms with E-state index in [0.29, 0.717) is 5.56 Å². The molecule has 0 aromatic heterocycles. The minimum atomic E-state index is -4.88. The summed E-state index contributed by atoms with van der Waals surface area (Å²) in [7, 11) is -4.13. The van der Waals surface area contributed by atoms with Gasteiger partial charge < -0.3 is 9.84 Å². The topological polar surface area (TPSA) is 75.6 Å². The first-order valence-electron chi connectivity index (χ1n) is 6.96. The van der Waals surface area contributed by atoms with E-state index < -0.39 is 34.8 Å². The Morgan fingerprint density at radius 1 is 1.08 bits per heavy atom. The number of nitrogens with one attached hydrogen (secondary N) is 1. The van der Waals surface area contributed by atoms with Crippen molar-refractivity contribution in [2.24, 2.45) is 0 Å². The molecule has 0 bridgehead atoms. The predicted octanol–water partition coefficient (Wildman–Crippen LogP) is 3.90. The highest BCUT2D eigenvalue weighted by Crippen LogP contribution is 2.27. The number of sulfonamides is 1. The van der Waals surface area contributed by atoms with Crippen LogP contribution in [-0.2, 0) is 10.0 Å². The summed E-state index contributed by atoms with van der Waals surface area (Å²) >= 11 is 11.7. The van der Waals surface area contributed by atoms with Gasteiger partial charge in [0.1, 0.15) is 5.75 Å². The number of alkyl halides is 3. The van der Waals surface area contributed by atoms with Crippen LogP contribution in [-0.4, -0.2) is 26.5 Å². The van der Waals surface area contributed by atoms with Gasteiger partial charge in [-0.1, -0.05) is 29.3 Å². The highest BCUT2D eigenvalue weighted by atomic mass is 35.5. The quantitative estimate of drug-likeness (QED) is 0.729. The average Bonchev–Trinajstić information content (AvgIpc) is 2.54. The summed E-state index contributed by atoms with van der Waals surface area (Å²) in [5, 5.41) is 9.91. The van der Waals surface area contributed by atoms with E-state index in [9.17, 15) is 26.7 Å². The fraction of sp³-hybridized carbons (Fsp3) is 0.200. The second-order valence-corrected chi connectivity index (χ2v) is 7.58. The first kappa shape index (κ1) is 20.8. The van der Waals surface area contributed by atoms with Crippen molar-refractivity contribution in [2.45, 2.75) is 17.3 Å². The molecule has 5 nitrogen and oxygen atoms in total. The van der Waals surface area contributed by atoms with Crippen LogP contribution in [0.2, 0.25) is 10.0 Å². The lowest BCUT2D eigenvalue weighted by Gasteiger charge is -2.18. The lowest BCUT2D eigenvalue weighted by Crippen LogP contribution is -2.30. The van der Waals surface area contributed by atoms with E-state index in [2.05, 4.69) is 9.46 Å². The standard InChI is InChI=1S/C15H12Cl2F3NO4S/c16-12-6-1-9(7-13(12)17)14(8-22)21-26(23,24)11-4-2-10(3-5-11)25-15(18,19)20/h1-7,14,21-22H,8H2/t14-/m1/s1. The van der Waals surface area contributed by atoms with Crippen molar-refractivity contribution in [3.8, 4) is 5.75 Å². The molecule has 26 heavy (non-hydrogen) atoms. The molecule has 142 valence electrons.